The van der Waals surface area contributed by atoms with Crippen LogP contribution in [0.2, 0.25) is 0 Å². The molecule has 0 fully saturated rings. The Hall–Kier alpha value is -2.57. The average molecular weight is 356 g/mol. The van der Waals surface area contributed by atoms with Gasteiger partial charge in [0.25, 0.3) is 0 Å². The quantitative estimate of drug-likeness (QED) is 0.787. The van der Waals surface area contributed by atoms with Crippen LogP contribution in [0.15, 0.2) is 42.5 Å². The monoisotopic (exact) mass is 356 g/mol. The van der Waals surface area contributed by atoms with Crippen LogP contribution in [-0.2, 0) is 29.2 Å². The largest absolute Gasteiger partial charge is 0.454 e. The summed E-state index contributed by atoms with van der Waals surface area (Å²) >= 11 is 0. The zero-order chi connectivity index (χ0) is 18.4. The van der Waals surface area contributed by atoms with Gasteiger partial charge in [-0.2, -0.15) is 0 Å². The molecule has 0 saturated carbocycles. The number of hydrogen-bond acceptors (Lipinski definition) is 5. The van der Waals surface area contributed by atoms with Gasteiger partial charge in [-0.15, -0.1) is 0 Å². The van der Waals surface area contributed by atoms with Gasteiger partial charge in [-0.1, -0.05) is 30.3 Å². The molecular formula is C20H24N2O4. The van der Waals surface area contributed by atoms with Gasteiger partial charge in [0, 0.05) is 20.2 Å². The van der Waals surface area contributed by atoms with Gasteiger partial charge >= 0.3 is 0 Å². The zero-order valence-electron chi connectivity index (χ0n) is 15.2. The number of rotatable bonds is 8. The predicted molar refractivity (Wildman–Crippen MR) is 97.9 cm³/mol. The Morgan fingerprint density at radius 3 is 2.54 bits per heavy atom. The highest BCUT2D eigenvalue weighted by Gasteiger charge is 2.14. The van der Waals surface area contributed by atoms with Gasteiger partial charge in [-0.3, -0.25) is 9.69 Å². The second-order valence-corrected chi connectivity index (χ2v) is 6.39. The number of carbonyl (C=O) groups excluding carboxylic acids is 1. The molecule has 1 amide bonds. The number of amides is 1. The predicted octanol–water partition coefficient (Wildman–Crippen LogP) is 2.31. The Bertz CT molecular complexity index is 746. The highest BCUT2D eigenvalue weighted by atomic mass is 16.7. The second-order valence-electron chi connectivity index (χ2n) is 6.39. The van der Waals surface area contributed by atoms with E-state index in [-0.39, 0.29) is 12.7 Å². The molecule has 0 aliphatic carbocycles. The molecule has 1 N–H and O–H groups in total. The number of benzene rings is 2. The van der Waals surface area contributed by atoms with E-state index >= 15 is 0 Å². The fourth-order valence-electron chi connectivity index (χ4n) is 2.83. The smallest absolute Gasteiger partial charge is 0.234 e. The van der Waals surface area contributed by atoms with Crippen molar-refractivity contribution in [2.75, 3.05) is 27.5 Å². The molecule has 3 rings (SSSR count). The van der Waals surface area contributed by atoms with Crippen molar-refractivity contribution in [1.82, 2.24) is 10.2 Å². The third-order valence-electron chi connectivity index (χ3n) is 4.13. The summed E-state index contributed by atoms with van der Waals surface area (Å²) in [6, 6.07) is 13.9. The zero-order valence-corrected chi connectivity index (χ0v) is 15.2. The lowest BCUT2D eigenvalue weighted by Gasteiger charge is -2.16. The van der Waals surface area contributed by atoms with E-state index in [4.69, 9.17) is 14.2 Å². The van der Waals surface area contributed by atoms with Crippen molar-refractivity contribution in [2.24, 2.45) is 0 Å². The summed E-state index contributed by atoms with van der Waals surface area (Å²) in [5, 5.41) is 2.95. The number of carbonyl (C=O) groups is 1. The number of ether oxygens (including phenoxy) is 3. The standard InChI is InChI=1S/C20H24N2O4/c1-22(11-17-7-8-18-19(9-17)26-14-25-18)12-20(23)21-10-15-3-5-16(6-4-15)13-24-2/h3-9H,10-14H2,1-2H3,(H,21,23). The van der Waals surface area contributed by atoms with Crippen LogP contribution in [0.1, 0.15) is 16.7 Å². The summed E-state index contributed by atoms with van der Waals surface area (Å²) in [5.41, 5.74) is 3.26. The van der Waals surface area contributed by atoms with Gasteiger partial charge < -0.3 is 19.5 Å². The number of fused-ring (bicyclic) bond motifs is 1. The molecule has 0 aromatic heterocycles. The van der Waals surface area contributed by atoms with Gasteiger partial charge in [0.05, 0.1) is 13.2 Å². The van der Waals surface area contributed by atoms with E-state index in [1.54, 1.807) is 7.11 Å². The molecule has 0 atom stereocenters. The summed E-state index contributed by atoms with van der Waals surface area (Å²) in [5.74, 6) is 1.53. The van der Waals surface area contributed by atoms with Crippen LogP contribution in [0.5, 0.6) is 11.5 Å². The second kappa shape index (κ2) is 8.69. The van der Waals surface area contributed by atoms with Gasteiger partial charge in [0.15, 0.2) is 11.5 Å². The van der Waals surface area contributed by atoms with E-state index in [0.717, 1.165) is 28.2 Å². The Labute approximate surface area is 153 Å². The average Bonchev–Trinajstić information content (AvgIpc) is 3.09. The summed E-state index contributed by atoms with van der Waals surface area (Å²) in [6.45, 7) is 2.37. The Morgan fingerprint density at radius 2 is 1.77 bits per heavy atom. The van der Waals surface area contributed by atoms with Gasteiger partial charge in [0.2, 0.25) is 12.7 Å². The minimum atomic E-state index is -0.00536. The normalized spacial score (nSPS) is 12.4. The van der Waals surface area contributed by atoms with Gasteiger partial charge in [-0.05, 0) is 35.9 Å². The van der Waals surface area contributed by atoms with E-state index in [1.807, 2.05) is 54.4 Å². The molecule has 1 aliphatic heterocycles. The topological polar surface area (TPSA) is 60.0 Å². The van der Waals surface area contributed by atoms with Crippen molar-refractivity contribution in [2.45, 2.75) is 19.7 Å². The number of methoxy groups -OCH3 is 1. The maximum absolute atomic E-state index is 12.2. The van der Waals surface area contributed by atoms with Crippen LogP contribution in [0.3, 0.4) is 0 Å². The molecule has 26 heavy (non-hydrogen) atoms. The lowest BCUT2D eigenvalue weighted by Crippen LogP contribution is -2.34. The maximum Gasteiger partial charge on any atom is 0.234 e. The van der Waals surface area contributed by atoms with Crippen molar-refractivity contribution in [3.63, 3.8) is 0 Å². The molecule has 1 heterocycles. The first kappa shape index (κ1) is 18.2. The Balaban J connectivity index is 1.44. The number of nitrogens with zero attached hydrogens (tertiary/aromatic N) is 1. The molecule has 0 saturated heterocycles. The SMILES string of the molecule is COCc1ccc(CNC(=O)CN(C)Cc2ccc3c(c2)OCO3)cc1. The first-order chi connectivity index (χ1) is 12.6. The molecule has 6 heteroatoms. The molecular weight excluding hydrogens is 332 g/mol. The van der Waals surface area contributed by atoms with E-state index in [2.05, 4.69) is 5.32 Å². The van der Waals surface area contributed by atoms with Crippen molar-refractivity contribution in [3.8, 4) is 11.5 Å². The van der Waals surface area contributed by atoms with E-state index in [1.165, 1.54) is 0 Å². The molecule has 0 radical (unpaired) electrons. The van der Waals surface area contributed by atoms with Gasteiger partial charge in [0.1, 0.15) is 0 Å². The van der Waals surface area contributed by atoms with Crippen LogP contribution in [0, 0.1) is 0 Å². The fourth-order valence-corrected chi connectivity index (χ4v) is 2.83. The van der Waals surface area contributed by atoms with E-state index in [0.29, 0.717) is 26.2 Å². The van der Waals surface area contributed by atoms with Crippen LogP contribution in [0.25, 0.3) is 0 Å². The molecule has 1 aliphatic rings. The lowest BCUT2D eigenvalue weighted by atomic mass is 10.1. The van der Waals surface area contributed by atoms with E-state index in [9.17, 15) is 4.79 Å². The summed E-state index contributed by atoms with van der Waals surface area (Å²) < 4.78 is 15.8. The highest BCUT2D eigenvalue weighted by molar-refractivity contribution is 5.77. The van der Waals surface area contributed by atoms with Crippen molar-refractivity contribution in [3.05, 3.63) is 59.2 Å². The minimum absolute atomic E-state index is 0.00536. The van der Waals surface area contributed by atoms with Crippen LogP contribution in [-0.4, -0.2) is 38.3 Å². The van der Waals surface area contributed by atoms with Crippen molar-refractivity contribution >= 4 is 5.91 Å². The number of hydrogen-bond donors (Lipinski definition) is 1. The molecule has 0 bridgehead atoms. The molecule has 2 aromatic carbocycles. The summed E-state index contributed by atoms with van der Waals surface area (Å²) in [6.07, 6.45) is 0. The van der Waals surface area contributed by atoms with Crippen LogP contribution >= 0.6 is 0 Å². The van der Waals surface area contributed by atoms with Gasteiger partial charge in [-0.25, -0.2) is 0 Å². The van der Waals surface area contributed by atoms with Crippen molar-refractivity contribution in [1.29, 1.82) is 0 Å². The fraction of sp³-hybridized carbons (Fsp3) is 0.350. The first-order valence-electron chi connectivity index (χ1n) is 8.54. The molecule has 0 unspecified atom stereocenters. The number of likely N-dealkylation sites (N-methyl/N-ethyl adjacent to an activating group) is 1. The molecule has 2 aromatic rings. The highest BCUT2D eigenvalue weighted by Crippen LogP contribution is 2.32. The third kappa shape index (κ3) is 4.97. The summed E-state index contributed by atoms with van der Waals surface area (Å²) in [4.78, 5) is 14.1. The van der Waals surface area contributed by atoms with Crippen LogP contribution < -0.4 is 14.8 Å². The molecule has 138 valence electrons. The van der Waals surface area contributed by atoms with Crippen LogP contribution in [0.4, 0.5) is 0 Å². The maximum atomic E-state index is 12.2. The Morgan fingerprint density at radius 1 is 1.08 bits per heavy atom. The minimum Gasteiger partial charge on any atom is -0.454 e. The number of nitrogens with one attached hydrogen (secondary N) is 1. The molecule has 6 nitrogen and oxygen atoms in total. The lowest BCUT2D eigenvalue weighted by molar-refractivity contribution is -0.122. The Kier molecular flexibility index (Phi) is 6.09. The third-order valence-corrected chi connectivity index (χ3v) is 4.13. The van der Waals surface area contributed by atoms with E-state index < -0.39 is 0 Å². The first-order valence-corrected chi connectivity index (χ1v) is 8.54. The van der Waals surface area contributed by atoms with Crippen molar-refractivity contribution < 1.29 is 19.0 Å². The molecule has 0 spiro atoms. The summed E-state index contributed by atoms with van der Waals surface area (Å²) in [7, 11) is 3.60.